The summed E-state index contributed by atoms with van der Waals surface area (Å²) in [5.41, 5.74) is 0.584. The van der Waals surface area contributed by atoms with Crippen LogP contribution in [-0.4, -0.2) is 55.2 Å². The first-order valence-corrected chi connectivity index (χ1v) is 11.8. The molecule has 0 rings (SSSR count). The zero-order valence-electron chi connectivity index (χ0n) is 18.1. The van der Waals surface area contributed by atoms with Gasteiger partial charge in [0.05, 0.1) is 5.75 Å². The average Bonchev–Trinajstić information content (AvgIpc) is 2.59. The molecule has 0 bridgehead atoms. The van der Waals surface area contributed by atoms with Crippen LogP contribution in [0, 0.1) is 0 Å². The molecule has 7 heteroatoms. The van der Waals surface area contributed by atoms with Crippen molar-refractivity contribution in [2.75, 3.05) is 25.4 Å². The minimum atomic E-state index is -3.69. The number of amides is 1. The van der Waals surface area contributed by atoms with Gasteiger partial charge in [-0.25, -0.2) is 0 Å². The predicted molar refractivity (Wildman–Crippen MR) is 115 cm³/mol. The molecule has 0 aromatic rings. The summed E-state index contributed by atoms with van der Waals surface area (Å²) in [6.45, 7) is 17.2. The molecule has 6 nitrogen and oxygen atoms in total. The average molecular weight is 407 g/mol. The summed E-state index contributed by atoms with van der Waals surface area (Å²) in [4.78, 5) is 14.0. The second kappa shape index (κ2) is 17.2. The van der Waals surface area contributed by atoms with Gasteiger partial charge in [-0.15, -0.1) is 0 Å². The van der Waals surface area contributed by atoms with Crippen LogP contribution >= 0.6 is 0 Å². The van der Waals surface area contributed by atoms with Crippen molar-refractivity contribution in [2.24, 2.45) is 0 Å². The zero-order chi connectivity index (χ0) is 21.3. The predicted octanol–water partition coefficient (Wildman–Crippen LogP) is 4.03. The van der Waals surface area contributed by atoms with E-state index in [0.717, 1.165) is 19.4 Å². The van der Waals surface area contributed by atoms with Crippen molar-refractivity contribution in [3.05, 3.63) is 12.2 Å². The van der Waals surface area contributed by atoms with E-state index >= 15 is 0 Å². The lowest BCUT2D eigenvalue weighted by molar-refractivity contribution is -0.118. The van der Waals surface area contributed by atoms with Gasteiger partial charge in [-0.05, 0) is 52.6 Å². The molecule has 0 aliphatic heterocycles. The molecule has 0 radical (unpaired) electrons. The van der Waals surface area contributed by atoms with Gasteiger partial charge in [0, 0.05) is 18.2 Å². The standard InChI is InChI=1S/C16H32N2O.C4H10O3S/c1-6-8-11-18(12-9-7-2)13-10-15(5)17-16(19)14(3)4;1-2-3-4-8(5,6)7/h15H,3,6-13H2,1-2,4-5H3,(H,17,19);2-4H2,1H3,(H,5,6,7). The van der Waals surface area contributed by atoms with E-state index in [0.29, 0.717) is 12.0 Å². The molecule has 1 amide bonds. The highest BCUT2D eigenvalue weighted by Gasteiger charge is 2.10. The lowest BCUT2D eigenvalue weighted by atomic mass is 10.2. The molecule has 0 saturated heterocycles. The normalized spacial score (nSPS) is 12.3. The molecule has 1 atom stereocenters. The smallest absolute Gasteiger partial charge is 0.264 e. The summed E-state index contributed by atoms with van der Waals surface area (Å²) in [7, 11) is -3.69. The summed E-state index contributed by atoms with van der Waals surface area (Å²) in [5.74, 6) is -0.134. The highest BCUT2D eigenvalue weighted by Crippen LogP contribution is 2.03. The quantitative estimate of drug-likeness (QED) is 0.336. The second-order valence-corrected chi connectivity index (χ2v) is 8.70. The first kappa shape index (κ1) is 28.3. The summed E-state index contributed by atoms with van der Waals surface area (Å²) in [6.07, 6.45) is 7.34. The van der Waals surface area contributed by atoms with E-state index in [9.17, 15) is 13.2 Å². The van der Waals surface area contributed by atoms with E-state index in [-0.39, 0.29) is 17.7 Å². The lowest BCUT2D eigenvalue weighted by Crippen LogP contribution is -2.37. The summed E-state index contributed by atoms with van der Waals surface area (Å²) < 4.78 is 28.0. The van der Waals surface area contributed by atoms with Crippen LogP contribution in [0.15, 0.2) is 12.2 Å². The van der Waals surface area contributed by atoms with Crippen molar-refractivity contribution < 1.29 is 17.8 Å². The Morgan fingerprint density at radius 3 is 1.85 bits per heavy atom. The Kier molecular flexibility index (Phi) is 18.0. The van der Waals surface area contributed by atoms with E-state index in [2.05, 4.69) is 37.6 Å². The molecule has 0 spiro atoms. The number of unbranched alkanes of at least 4 members (excludes halogenated alkanes) is 3. The van der Waals surface area contributed by atoms with Crippen LogP contribution in [0.3, 0.4) is 0 Å². The second-order valence-electron chi connectivity index (χ2n) is 7.13. The Labute approximate surface area is 167 Å². The van der Waals surface area contributed by atoms with Gasteiger partial charge in [0.25, 0.3) is 10.1 Å². The zero-order valence-corrected chi connectivity index (χ0v) is 18.9. The van der Waals surface area contributed by atoms with Crippen molar-refractivity contribution in [3.8, 4) is 0 Å². The number of rotatable bonds is 14. The topological polar surface area (TPSA) is 86.7 Å². The highest BCUT2D eigenvalue weighted by molar-refractivity contribution is 7.85. The third kappa shape index (κ3) is 21.2. The van der Waals surface area contributed by atoms with Crippen LogP contribution in [-0.2, 0) is 14.9 Å². The fourth-order valence-corrected chi connectivity index (χ4v) is 2.87. The molecule has 0 aliphatic rings. The number of carbonyl (C=O) groups is 1. The first-order valence-electron chi connectivity index (χ1n) is 10.2. The summed E-state index contributed by atoms with van der Waals surface area (Å²) >= 11 is 0. The highest BCUT2D eigenvalue weighted by atomic mass is 32.2. The SMILES string of the molecule is C=C(C)C(=O)NC(C)CCN(CCCC)CCCC.CCCCS(=O)(=O)O. The Bertz CT molecular complexity index is 484. The van der Waals surface area contributed by atoms with Gasteiger partial charge in [-0.1, -0.05) is 46.6 Å². The van der Waals surface area contributed by atoms with Gasteiger partial charge >= 0.3 is 0 Å². The maximum Gasteiger partial charge on any atom is 0.264 e. The van der Waals surface area contributed by atoms with E-state index in [1.54, 1.807) is 6.92 Å². The molecule has 27 heavy (non-hydrogen) atoms. The van der Waals surface area contributed by atoms with Crippen molar-refractivity contribution in [3.63, 3.8) is 0 Å². The maximum absolute atomic E-state index is 11.5. The Morgan fingerprint density at radius 2 is 1.52 bits per heavy atom. The number of hydrogen-bond acceptors (Lipinski definition) is 4. The monoisotopic (exact) mass is 406 g/mol. The van der Waals surface area contributed by atoms with Crippen LogP contribution in [0.2, 0.25) is 0 Å². The Balaban J connectivity index is 0. The molecular formula is C20H42N2O4S. The van der Waals surface area contributed by atoms with Crippen LogP contribution in [0.1, 0.15) is 79.6 Å². The van der Waals surface area contributed by atoms with Gasteiger partial charge in [-0.2, -0.15) is 8.42 Å². The number of nitrogens with one attached hydrogen (secondary N) is 1. The van der Waals surface area contributed by atoms with Crippen LogP contribution in [0.4, 0.5) is 0 Å². The van der Waals surface area contributed by atoms with E-state index in [4.69, 9.17) is 4.55 Å². The molecule has 0 aliphatic carbocycles. The third-order valence-corrected chi connectivity index (χ3v) is 4.86. The Hall–Kier alpha value is -0.920. The minimum absolute atomic E-state index is 0.0267. The Morgan fingerprint density at radius 1 is 1.04 bits per heavy atom. The van der Waals surface area contributed by atoms with Crippen LogP contribution in [0.5, 0.6) is 0 Å². The molecular weight excluding hydrogens is 364 g/mol. The molecule has 0 saturated carbocycles. The largest absolute Gasteiger partial charge is 0.350 e. The molecule has 0 heterocycles. The summed E-state index contributed by atoms with van der Waals surface area (Å²) in [5, 5.41) is 2.98. The number of nitrogens with zero attached hydrogens (tertiary/aromatic N) is 1. The molecule has 0 aromatic carbocycles. The minimum Gasteiger partial charge on any atom is -0.350 e. The van der Waals surface area contributed by atoms with Crippen LogP contribution in [0.25, 0.3) is 0 Å². The van der Waals surface area contributed by atoms with Gasteiger partial charge in [0.15, 0.2) is 0 Å². The number of carbonyl (C=O) groups excluding carboxylic acids is 1. The fraction of sp³-hybridized carbons (Fsp3) is 0.850. The van der Waals surface area contributed by atoms with E-state index in [1.807, 2.05) is 6.92 Å². The fourth-order valence-electron chi connectivity index (χ4n) is 2.22. The van der Waals surface area contributed by atoms with Gasteiger partial charge in [-0.3, -0.25) is 9.35 Å². The number of hydrogen-bond donors (Lipinski definition) is 2. The van der Waals surface area contributed by atoms with Gasteiger partial charge < -0.3 is 10.2 Å². The van der Waals surface area contributed by atoms with E-state index in [1.165, 1.54) is 38.8 Å². The first-order chi connectivity index (χ1) is 12.6. The third-order valence-electron chi connectivity index (χ3n) is 4.06. The molecule has 0 fully saturated rings. The molecule has 0 aromatic heterocycles. The van der Waals surface area contributed by atoms with E-state index < -0.39 is 10.1 Å². The van der Waals surface area contributed by atoms with Crippen LogP contribution < -0.4 is 5.32 Å². The lowest BCUT2D eigenvalue weighted by Gasteiger charge is -2.24. The van der Waals surface area contributed by atoms with Gasteiger partial charge in [0.2, 0.25) is 5.91 Å². The molecule has 2 N–H and O–H groups in total. The summed E-state index contributed by atoms with van der Waals surface area (Å²) in [6, 6.07) is 0.218. The van der Waals surface area contributed by atoms with Crippen molar-refractivity contribution in [2.45, 2.75) is 85.6 Å². The maximum atomic E-state index is 11.5. The van der Waals surface area contributed by atoms with Gasteiger partial charge in [0.1, 0.15) is 0 Å². The molecule has 1 unspecified atom stereocenters. The van der Waals surface area contributed by atoms with Crippen molar-refractivity contribution in [1.29, 1.82) is 0 Å². The van der Waals surface area contributed by atoms with Crippen molar-refractivity contribution >= 4 is 16.0 Å². The van der Waals surface area contributed by atoms with Crippen molar-refractivity contribution in [1.82, 2.24) is 10.2 Å². The molecule has 162 valence electrons.